The van der Waals surface area contributed by atoms with E-state index in [0.29, 0.717) is 5.41 Å². The topological polar surface area (TPSA) is 8.17 Å². The van der Waals surface area contributed by atoms with Crippen molar-refractivity contribution in [2.45, 2.75) is 101 Å². The minimum atomic E-state index is -0.0325. The summed E-state index contributed by atoms with van der Waals surface area (Å²) in [5.74, 6) is 1.73. The summed E-state index contributed by atoms with van der Waals surface area (Å²) in [4.78, 5) is 2.83. The van der Waals surface area contributed by atoms with Gasteiger partial charge in [-0.25, -0.2) is 0 Å². The Labute approximate surface area is 416 Å². The number of anilines is 2. The van der Waals surface area contributed by atoms with Gasteiger partial charge in [-0.3, -0.25) is 0 Å². The zero-order valence-electron chi connectivity index (χ0n) is 40.0. The molecule has 4 fully saturated rings. The van der Waals surface area contributed by atoms with Gasteiger partial charge in [0.25, 0.3) is 0 Å². The first-order valence-electron chi connectivity index (χ1n) is 26.9. The summed E-state index contributed by atoms with van der Waals surface area (Å²) in [7, 11) is 0. The van der Waals surface area contributed by atoms with Crippen LogP contribution in [0, 0.1) is 11.8 Å². The van der Waals surface area contributed by atoms with Crippen molar-refractivity contribution in [2.75, 3.05) is 4.81 Å². The van der Waals surface area contributed by atoms with Crippen molar-refractivity contribution >= 4 is 82.5 Å². The predicted octanol–water partition coefficient (Wildman–Crippen LogP) is 16.9. The lowest BCUT2D eigenvalue weighted by atomic mass is 9.43. The first-order valence-corrected chi connectivity index (χ1v) is 27.7. The molecule has 4 aliphatic carbocycles. The standard InChI is InChI=1S/C66H57BN2S/c1-3-17-44(18-4-1)46-23-26-50(27-24-46)69-63-52(28-29-53-51-21-7-8-22-60(51)70-64(53)63)55-35-47(45-19-5-2-6-20-45)36-59-61(55)67(69)57-39-49(66-33-11-15-43(41-66)16-12-34-66)38-56-54-37-48(25-30-58(54)68(59)62(56)57)65-31-9-13-42(40-65)14-10-32-65/h1-8,17-30,35-39,42-43H,9-16,31-34,40-41H2. The summed E-state index contributed by atoms with van der Waals surface area (Å²) < 4.78 is 5.49. The van der Waals surface area contributed by atoms with E-state index in [1.807, 2.05) is 11.3 Å². The highest BCUT2D eigenvalue weighted by Gasteiger charge is 2.48. The second-order valence-electron chi connectivity index (χ2n) is 22.7. The Hall–Kier alpha value is -6.36. The summed E-state index contributed by atoms with van der Waals surface area (Å²) in [5.41, 5.74) is 21.2. The quantitative estimate of drug-likeness (QED) is 0.156. The van der Waals surface area contributed by atoms with Crippen LogP contribution in [0.5, 0.6) is 0 Å². The second kappa shape index (κ2) is 15.1. The third-order valence-corrected chi connectivity index (χ3v) is 20.4. The molecule has 4 heteroatoms. The van der Waals surface area contributed by atoms with E-state index in [1.165, 1.54) is 193 Å². The van der Waals surface area contributed by atoms with E-state index in [9.17, 15) is 0 Å². The van der Waals surface area contributed by atoms with Gasteiger partial charge in [-0.1, -0.05) is 167 Å². The average molecular weight is 921 g/mol. The summed E-state index contributed by atoms with van der Waals surface area (Å²) in [5, 5.41) is 5.65. The molecule has 0 amide bonds. The maximum Gasteiger partial charge on any atom is 0.333 e. The van der Waals surface area contributed by atoms with Gasteiger partial charge in [0, 0.05) is 43.2 Å². The Morgan fingerprint density at radius 1 is 0.486 bits per heavy atom. The fraction of sp³-hybridized carbons (Fsp3) is 0.273. The van der Waals surface area contributed by atoms with Crippen molar-refractivity contribution in [3.63, 3.8) is 0 Å². The highest BCUT2D eigenvalue weighted by molar-refractivity contribution is 7.26. The number of fused-ring (bicyclic) bond motifs is 15. The molecule has 0 atom stereocenters. The van der Waals surface area contributed by atoms with E-state index in [1.54, 1.807) is 11.1 Å². The Morgan fingerprint density at radius 2 is 1.11 bits per heavy atom. The van der Waals surface area contributed by atoms with E-state index in [2.05, 4.69) is 173 Å². The number of aromatic nitrogens is 1. The van der Waals surface area contributed by atoms with Crippen LogP contribution < -0.4 is 15.7 Å². The Balaban J connectivity index is 1.04. The van der Waals surface area contributed by atoms with Gasteiger partial charge in [0.2, 0.25) is 0 Å². The van der Waals surface area contributed by atoms with Crippen LogP contribution in [0.3, 0.4) is 0 Å². The molecule has 4 heterocycles. The van der Waals surface area contributed by atoms with Crippen LogP contribution in [0.4, 0.5) is 11.4 Å². The Morgan fingerprint density at radius 3 is 1.83 bits per heavy atom. The van der Waals surface area contributed by atoms with Crippen LogP contribution in [0.1, 0.15) is 101 Å². The van der Waals surface area contributed by atoms with Crippen LogP contribution in [-0.4, -0.2) is 11.4 Å². The molecule has 2 nitrogen and oxygen atoms in total. The first-order chi connectivity index (χ1) is 34.6. The van der Waals surface area contributed by atoms with Crippen LogP contribution in [0.15, 0.2) is 164 Å². The molecule has 0 N–H and O–H groups in total. The monoisotopic (exact) mass is 920 g/mol. The highest BCUT2D eigenvalue weighted by atomic mass is 32.1. The minimum Gasteiger partial charge on any atom is -0.375 e. The van der Waals surface area contributed by atoms with E-state index in [4.69, 9.17) is 0 Å². The number of benzene rings is 8. The van der Waals surface area contributed by atoms with Crippen LogP contribution in [0.25, 0.3) is 81.0 Å². The summed E-state index contributed by atoms with van der Waals surface area (Å²) in [6.07, 6.45) is 19.1. The molecule has 2 aliphatic heterocycles. The van der Waals surface area contributed by atoms with E-state index >= 15 is 0 Å². The fourth-order valence-electron chi connectivity index (χ4n) is 16.1. The van der Waals surface area contributed by atoms with Crippen molar-refractivity contribution in [3.8, 4) is 39.1 Å². The lowest BCUT2D eigenvalue weighted by molar-refractivity contribution is 0.149. The highest BCUT2D eigenvalue weighted by Crippen LogP contribution is 2.56. The van der Waals surface area contributed by atoms with Crippen molar-refractivity contribution in [3.05, 3.63) is 175 Å². The van der Waals surface area contributed by atoms with Gasteiger partial charge < -0.3 is 9.38 Å². The average Bonchev–Trinajstić information content (AvgIpc) is 3.97. The molecule has 8 aromatic carbocycles. The van der Waals surface area contributed by atoms with Gasteiger partial charge in [0.05, 0.1) is 21.4 Å². The van der Waals surface area contributed by atoms with Crippen LogP contribution >= 0.6 is 11.3 Å². The molecule has 10 aromatic rings. The molecule has 16 rings (SSSR count). The molecule has 4 saturated carbocycles. The zero-order chi connectivity index (χ0) is 45.7. The van der Waals surface area contributed by atoms with Crippen LogP contribution in [-0.2, 0) is 10.8 Å². The third-order valence-electron chi connectivity index (χ3n) is 19.2. The molecular formula is C66H57BN2S. The lowest BCUT2D eigenvalue weighted by Gasteiger charge is -2.47. The fourth-order valence-corrected chi connectivity index (χ4v) is 17.3. The van der Waals surface area contributed by atoms with Gasteiger partial charge in [0.1, 0.15) is 0 Å². The number of rotatable bonds is 5. The lowest BCUT2D eigenvalue weighted by Crippen LogP contribution is -2.61. The SMILES string of the molecule is c1ccc(-c2ccc(N3B4c5c(cc(-c6ccccc6)cc5-n5c6ccc(C78CCCC(CCC7)C8)cc6c6cc(C78CCCC(CCC7)C8)cc4c65)-c4ccc5c(sc6ccccc65)c43)cc2)cc1. The third kappa shape index (κ3) is 5.75. The molecule has 0 unspecified atom stereocenters. The summed E-state index contributed by atoms with van der Waals surface area (Å²) in [6.45, 7) is -0.0325. The number of hydrogen-bond acceptors (Lipinski definition) is 2. The summed E-state index contributed by atoms with van der Waals surface area (Å²) >= 11 is 1.98. The molecular weight excluding hydrogens is 864 g/mol. The van der Waals surface area contributed by atoms with Crippen molar-refractivity contribution in [1.82, 2.24) is 4.57 Å². The van der Waals surface area contributed by atoms with Gasteiger partial charge in [0.15, 0.2) is 0 Å². The molecule has 70 heavy (non-hydrogen) atoms. The van der Waals surface area contributed by atoms with Gasteiger partial charge in [-0.15, -0.1) is 11.3 Å². The molecule has 4 bridgehead atoms. The molecule has 0 radical (unpaired) electrons. The predicted molar refractivity (Wildman–Crippen MR) is 299 cm³/mol. The number of thiophene rings is 1. The first kappa shape index (κ1) is 40.4. The van der Waals surface area contributed by atoms with E-state index in [-0.39, 0.29) is 12.3 Å². The smallest absolute Gasteiger partial charge is 0.333 e. The molecule has 6 aliphatic rings. The largest absolute Gasteiger partial charge is 0.375 e. The minimum absolute atomic E-state index is 0.0325. The number of hydrogen-bond donors (Lipinski definition) is 0. The molecule has 0 saturated heterocycles. The Bertz CT molecular complexity index is 3750. The van der Waals surface area contributed by atoms with Gasteiger partial charge in [-0.05, 0) is 160 Å². The van der Waals surface area contributed by atoms with E-state index < -0.39 is 0 Å². The van der Waals surface area contributed by atoms with Crippen molar-refractivity contribution in [1.29, 1.82) is 0 Å². The molecule has 2 aromatic heterocycles. The van der Waals surface area contributed by atoms with Crippen molar-refractivity contribution < 1.29 is 0 Å². The second-order valence-corrected chi connectivity index (χ2v) is 23.8. The maximum absolute atomic E-state index is 2.83. The van der Waals surface area contributed by atoms with Crippen molar-refractivity contribution in [2.24, 2.45) is 11.8 Å². The normalized spacial score (nSPS) is 23.3. The van der Waals surface area contributed by atoms with Crippen LogP contribution in [0.2, 0.25) is 0 Å². The van der Waals surface area contributed by atoms with E-state index in [0.717, 1.165) is 11.8 Å². The Kier molecular flexibility index (Phi) is 8.70. The maximum atomic E-state index is 2.83. The molecule has 340 valence electrons. The molecule has 0 spiro atoms. The number of nitrogens with zero attached hydrogens (tertiary/aromatic N) is 2. The van der Waals surface area contributed by atoms with Gasteiger partial charge in [-0.2, -0.15) is 0 Å². The summed E-state index contributed by atoms with van der Waals surface area (Å²) in [6, 6.07) is 64.4. The zero-order valence-corrected chi connectivity index (χ0v) is 40.8. The van der Waals surface area contributed by atoms with Gasteiger partial charge >= 0.3 is 6.85 Å².